The van der Waals surface area contributed by atoms with Crippen LogP contribution in [0.15, 0.2) is 11.1 Å². The van der Waals surface area contributed by atoms with Crippen LogP contribution in [0.1, 0.15) is 25.1 Å². The first-order chi connectivity index (χ1) is 8.48. The minimum Gasteiger partial charge on any atom is -0.309 e. The van der Waals surface area contributed by atoms with E-state index < -0.39 is 13.2 Å². The lowest BCUT2D eigenvalue weighted by Crippen LogP contribution is -2.08. The molecule has 1 aromatic rings. The van der Waals surface area contributed by atoms with E-state index >= 15 is 0 Å². The average Bonchev–Trinajstić information content (AvgIpc) is 2.70. The molecule has 0 aliphatic carbocycles. The Labute approximate surface area is 114 Å². The van der Waals surface area contributed by atoms with Crippen molar-refractivity contribution in [3.63, 3.8) is 0 Å². The van der Waals surface area contributed by atoms with Gasteiger partial charge in [0.25, 0.3) is 0 Å². The van der Waals surface area contributed by atoms with Crippen molar-refractivity contribution in [1.29, 1.82) is 0 Å². The number of thioether (sulfide) groups is 1. The monoisotopic (exact) mass is 288 g/mol. The number of aryl methyl sites for hydroxylation is 1. The molecule has 0 saturated carbocycles. The Bertz CT molecular complexity index is 431. The quantitative estimate of drug-likeness (QED) is 0.438. The van der Waals surface area contributed by atoms with Gasteiger partial charge in [-0.1, -0.05) is 0 Å². The zero-order chi connectivity index (χ0) is 13.8. The van der Waals surface area contributed by atoms with Gasteiger partial charge in [0.1, 0.15) is 0 Å². The Morgan fingerprint density at radius 3 is 2.44 bits per heavy atom. The lowest BCUT2D eigenvalue weighted by molar-refractivity contribution is 0.217. The zero-order valence-corrected chi connectivity index (χ0v) is 12.8. The molecule has 1 aromatic heterocycles. The maximum atomic E-state index is 12.5. The van der Waals surface area contributed by atoms with Crippen molar-refractivity contribution < 1.29 is 13.6 Å². The van der Waals surface area contributed by atoms with Crippen LogP contribution >= 0.6 is 19.4 Å². The zero-order valence-electron chi connectivity index (χ0n) is 11.1. The molecular formula is C10H18BN2O3PS. The van der Waals surface area contributed by atoms with Gasteiger partial charge in [0.05, 0.1) is 37.3 Å². The highest BCUT2D eigenvalue weighted by atomic mass is 32.2. The van der Waals surface area contributed by atoms with Gasteiger partial charge in [0.15, 0.2) is 0 Å². The van der Waals surface area contributed by atoms with Gasteiger partial charge < -0.3 is 9.05 Å². The summed E-state index contributed by atoms with van der Waals surface area (Å²) < 4.78 is 24.6. The maximum Gasteiger partial charge on any atom is 0.330 e. The number of nitrogens with zero attached hydrogens (tertiary/aromatic N) is 2. The van der Waals surface area contributed by atoms with Crippen molar-refractivity contribution in [2.24, 2.45) is 7.05 Å². The van der Waals surface area contributed by atoms with Crippen LogP contribution in [0.3, 0.4) is 0 Å². The summed E-state index contributed by atoms with van der Waals surface area (Å²) in [4.78, 5) is 0. The molecule has 0 aromatic carbocycles. The lowest BCUT2D eigenvalue weighted by Gasteiger charge is -2.22. The standard InChI is InChI=1S/C10H18BN2O3PS/c1-5-15-17(14,16-6-2)10(11)8-7-9(18-4)13(3)12-8/h7,10H,5-6H2,1-4H3. The Balaban J connectivity index is 3.01. The largest absolute Gasteiger partial charge is 0.330 e. The molecule has 0 N–H and O–H groups in total. The van der Waals surface area contributed by atoms with Crippen LogP contribution in [0.4, 0.5) is 0 Å². The maximum absolute atomic E-state index is 12.5. The lowest BCUT2D eigenvalue weighted by atomic mass is 10.0. The minimum atomic E-state index is -3.36. The molecule has 0 bridgehead atoms. The normalized spacial score (nSPS) is 13.8. The summed E-state index contributed by atoms with van der Waals surface area (Å²) in [5.41, 5.74) is -0.336. The van der Waals surface area contributed by atoms with Gasteiger partial charge in [0, 0.05) is 7.05 Å². The molecule has 8 heteroatoms. The van der Waals surface area contributed by atoms with E-state index in [2.05, 4.69) is 5.10 Å². The second-order valence-electron chi connectivity index (χ2n) is 3.56. The minimum absolute atomic E-state index is 0.285. The molecule has 100 valence electrons. The molecule has 0 saturated heterocycles. The van der Waals surface area contributed by atoms with Crippen LogP contribution in [0, 0.1) is 0 Å². The highest BCUT2D eigenvalue weighted by molar-refractivity contribution is 7.98. The highest BCUT2D eigenvalue weighted by Gasteiger charge is 2.34. The Morgan fingerprint density at radius 2 is 2.06 bits per heavy atom. The highest BCUT2D eigenvalue weighted by Crippen LogP contribution is 2.59. The summed E-state index contributed by atoms with van der Waals surface area (Å²) in [6, 6.07) is 1.81. The van der Waals surface area contributed by atoms with Crippen molar-refractivity contribution in [2.45, 2.75) is 24.4 Å². The molecule has 1 atom stereocenters. The molecule has 0 fully saturated rings. The molecule has 18 heavy (non-hydrogen) atoms. The fraction of sp³-hybridized carbons (Fsp3) is 0.700. The molecule has 0 amide bonds. The Kier molecular flexibility index (Phi) is 5.98. The van der Waals surface area contributed by atoms with Gasteiger partial charge in [-0.15, -0.1) is 11.8 Å². The second kappa shape index (κ2) is 6.80. The van der Waals surface area contributed by atoms with Crippen molar-refractivity contribution in [3.8, 4) is 0 Å². The average molecular weight is 288 g/mol. The summed E-state index contributed by atoms with van der Waals surface area (Å²) in [6.07, 6.45) is 1.94. The molecular weight excluding hydrogens is 270 g/mol. The molecule has 0 aliphatic heterocycles. The number of hydrogen-bond acceptors (Lipinski definition) is 5. The first kappa shape index (κ1) is 15.8. The van der Waals surface area contributed by atoms with Crippen molar-refractivity contribution in [1.82, 2.24) is 9.78 Å². The van der Waals surface area contributed by atoms with E-state index in [1.54, 1.807) is 36.4 Å². The number of rotatable bonds is 7. The van der Waals surface area contributed by atoms with Gasteiger partial charge in [-0.3, -0.25) is 9.25 Å². The van der Waals surface area contributed by atoms with Crippen molar-refractivity contribution >= 4 is 27.2 Å². The third-order valence-electron chi connectivity index (χ3n) is 2.33. The van der Waals surface area contributed by atoms with Gasteiger partial charge in [0.2, 0.25) is 0 Å². The fourth-order valence-corrected chi connectivity index (χ4v) is 3.64. The van der Waals surface area contributed by atoms with E-state index in [1.165, 1.54) is 0 Å². The summed E-state index contributed by atoms with van der Waals surface area (Å²) in [5, 5.41) is 5.20. The SMILES string of the molecule is [B]C(c1cc(SC)n(C)n1)P(=O)(OCC)OCC. The van der Waals surface area contributed by atoms with Crippen molar-refractivity contribution in [2.75, 3.05) is 19.5 Å². The summed E-state index contributed by atoms with van der Waals surface area (Å²) in [5.74, 6) is 0. The molecule has 5 nitrogen and oxygen atoms in total. The first-order valence-electron chi connectivity index (χ1n) is 5.70. The molecule has 1 rings (SSSR count). The van der Waals surface area contributed by atoms with Crippen LogP contribution in [0.5, 0.6) is 0 Å². The van der Waals surface area contributed by atoms with E-state index in [4.69, 9.17) is 16.9 Å². The van der Waals surface area contributed by atoms with Crippen LogP contribution in [-0.4, -0.2) is 37.1 Å². The Hall–Kier alpha value is -0.225. The van der Waals surface area contributed by atoms with E-state index in [0.717, 1.165) is 5.03 Å². The van der Waals surface area contributed by atoms with Crippen LogP contribution in [0.25, 0.3) is 0 Å². The van der Waals surface area contributed by atoms with Gasteiger partial charge >= 0.3 is 7.60 Å². The fourth-order valence-electron chi connectivity index (χ4n) is 1.53. The predicted molar refractivity (Wildman–Crippen MR) is 74.3 cm³/mol. The second-order valence-corrected chi connectivity index (χ2v) is 6.53. The van der Waals surface area contributed by atoms with Gasteiger partial charge in [-0.25, -0.2) is 0 Å². The molecule has 0 spiro atoms. The van der Waals surface area contributed by atoms with E-state index in [0.29, 0.717) is 5.69 Å². The predicted octanol–water partition coefficient (Wildman–Crippen LogP) is 2.58. The van der Waals surface area contributed by atoms with Crippen LogP contribution < -0.4 is 0 Å². The molecule has 0 aliphatic rings. The van der Waals surface area contributed by atoms with Gasteiger partial charge in [-0.2, -0.15) is 5.10 Å². The topological polar surface area (TPSA) is 53.4 Å². The molecule has 1 heterocycles. The smallest absolute Gasteiger partial charge is 0.309 e. The summed E-state index contributed by atoms with van der Waals surface area (Å²) in [7, 11) is 4.44. The summed E-state index contributed by atoms with van der Waals surface area (Å²) in [6.45, 7) is 4.08. The third kappa shape index (κ3) is 3.41. The van der Waals surface area contributed by atoms with Crippen LogP contribution in [0.2, 0.25) is 0 Å². The molecule has 1 unspecified atom stereocenters. The number of hydrogen-bond donors (Lipinski definition) is 0. The molecule has 2 radical (unpaired) electrons. The van der Waals surface area contributed by atoms with E-state index in [9.17, 15) is 4.57 Å². The van der Waals surface area contributed by atoms with E-state index in [-0.39, 0.29) is 13.2 Å². The number of aromatic nitrogens is 2. The first-order valence-corrected chi connectivity index (χ1v) is 8.54. The summed E-state index contributed by atoms with van der Waals surface area (Å²) >= 11 is 1.54. The van der Waals surface area contributed by atoms with E-state index in [1.807, 2.05) is 13.3 Å². The Morgan fingerprint density at radius 1 is 1.50 bits per heavy atom. The van der Waals surface area contributed by atoms with Crippen molar-refractivity contribution in [3.05, 3.63) is 11.8 Å². The van der Waals surface area contributed by atoms with Gasteiger partial charge in [-0.05, 0) is 26.2 Å². The van der Waals surface area contributed by atoms with Crippen LogP contribution in [-0.2, 0) is 20.7 Å². The third-order valence-corrected chi connectivity index (χ3v) is 5.31.